The molecule has 1 aromatic rings. The summed E-state index contributed by atoms with van der Waals surface area (Å²) in [6.07, 6.45) is 1.31. The molecule has 0 aromatic heterocycles. The fraction of sp³-hybridized carbons (Fsp3) is 0.286. The molecule has 0 bridgehead atoms. The monoisotopic (exact) mass is 245 g/mol. The summed E-state index contributed by atoms with van der Waals surface area (Å²) in [6, 6.07) is 7.12. The molecular formula is C14H15NO3. The highest BCUT2D eigenvalue weighted by Crippen LogP contribution is 2.23. The number of amides is 2. The molecule has 4 nitrogen and oxygen atoms in total. The smallest absolute Gasteiger partial charge is 0.258 e. The van der Waals surface area contributed by atoms with Crippen LogP contribution in [0.2, 0.25) is 0 Å². The van der Waals surface area contributed by atoms with Gasteiger partial charge in [-0.15, -0.1) is 0 Å². The predicted octanol–water partition coefficient (Wildman–Crippen LogP) is 1.90. The standard InChI is InChI=1S/C14H15NO3/c1-14(2,3)18-10-6-4-9(5-7-10)11-8-12(16)15-13(11)17/h4-8H,1-3H3,(H,15,16,17). The number of nitrogens with one attached hydrogen (secondary N) is 1. The van der Waals surface area contributed by atoms with E-state index in [1.165, 1.54) is 6.08 Å². The van der Waals surface area contributed by atoms with Crippen molar-refractivity contribution in [3.05, 3.63) is 35.9 Å². The van der Waals surface area contributed by atoms with Crippen LogP contribution in [-0.2, 0) is 9.59 Å². The molecule has 1 N–H and O–H groups in total. The van der Waals surface area contributed by atoms with Gasteiger partial charge in [0.2, 0.25) is 0 Å². The number of hydrogen-bond donors (Lipinski definition) is 1. The molecule has 0 saturated heterocycles. The Morgan fingerprint density at radius 3 is 2.11 bits per heavy atom. The highest BCUT2D eigenvalue weighted by Gasteiger charge is 2.22. The molecule has 0 unspecified atom stereocenters. The Balaban J connectivity index is 2.21. The van der Waals surface area contributed by atoms with Crippen LogP contribution in [0.15, 0.2) is 30.3 Å². The van der Waals surface area contributed by atoms with Crippen molar-refractivity contribution in [1.29, 1.82) is 0 Å². The minimum absolute atomic E-state index is 0.262. The minimum Gasteiger partial charge on any atom is -0.488 e. The van der Waals surface area contributed by atoms with Gasteiger partial charge in [0.15, 0.2) is 0 Å². The molecule has 0 fully saturated rings. The summed E-state index contributed by atoms with van der Waals surface area (Å²) >= 11 is 0. The zero-order valence-corrected chi connectivity index (χ0v) is 10.6. The molecule has 94 valence electrons. The van der Waals surface area contributed by atoms with Crippen LogP contribution < -0.4 is 10.1 Å². The van der Waals surface area contributed by atoms with Gasteiger partial charge >= 0.3 is 0 Å². The van der Waals surface area contributed by atoms with Crippen LogP contribution in [-0.4, -0.2) is 17.4 Å². The molecule has 1 aromatic carbocycles. The number of rotatable bonds is 2. The summed E-state index contributed by atoms with van der Waals surface area (Å²) < 4.78 is 5.68. The van der Waals surface area contributed by atoms with Crippen LogP contribution in [0.25, 0.3) is 5.57 Å². The molecule has 0 spiro atoms. The zero-order valence-electron chi connectivity index (χ0n) is 10.6. The van der Waals surface area contributed by atoms with Crippen molar-refractivity contribution in [1.82, 2.24) is 5.32 Å². The first kappa shape index (κ1) is 12.4. The number of benzene rings is 1. The Morgan fingerprint density at radius 2 is 1.67 bits per heavy atom. The highest BCUT2D eigenvalue weighted by atomic mass is 16.5. The fourth-order valence-electron chi connectivity index (χ4n) is 1.68. The van der Waals surface area contributed by atoms with Crippen LogP contribution in [0.5, 0.6) is 5.75 Å². The highest BCUT2D eigenvalue weighted by molar-refractivity contribution is 6.33. The van der Waals surface area contributed by atoms with E-state index in [2.05, 4.69) is 5.32 Å². The average molecular weight is 245 g/mol. The molecule has 18 heavy (non-hydrogen) atoms. The van der Waals surface area contributed by atoms with Gasteiger partial charge in [-0.2, -0.15) is 0 Å². The third kappa shape index (κ3) is 2.77. The fourth-order valence-corrected chi connectivity index (χ4v) is 1.68. The Hall–Kier alpha value is -2.10. The Bertz CT molecular complexity index is 521. The lowest BCUT2D eigenvalue weighted by Gasteiger charge is -2.21. The lowest BCUT2D eigenvalue weighted by atomic mass is 10.1. The molecule has 2 amide bonds. The number of ether oxygens (including phenoxy) is 1. The van der Waals surface area contributed by atoms with Gasteiger partial charge in [-0.05, 0) is 38.5 Å². The summed E-state index contributed by atoms with van der Waals surface area (Å²) in [4.78, 5) is 22.5. The van der Waals surface area contributed by atoms with Crippen molar-refractivity contribution in [2.45, 2.75) is 26.4 Å². The second kappa shape index (κ2) is 4.29. The van der Waals surface area contributed by atoms with Crippen LogP contribution in [0, 0.1) is 0 Å². The van der Waals surface area contributed by atoms with E-state index in [1.807, 2.05) is 20.8 Å². The quantitative estimate of drug-likeness (QED) is 0.810. The SMILES string of the molecule is CC(C)(C)Oc1ccc(C2=CC(=O)NC2=O)cc1. The first-order chi connectivity index (χ1) is 8.35. The number of imide groups is 1. The summed E-state index contributed by atoms with van der Waals surface area (Å²) in [6.45, 7) is 5.89. The first-order valence-electron chi connectivity index (χ1n) is 5.72. The summed E-state index contributed by atoms with van der Waals surface area (Å²) in [5.41, 5.74) is 0.837. The van der Waals surface area contributed by atoms with E-state index >= 15 is 0 Å². The molecule has 1 heterocycles. The molecule has 0 atom stereocenters. The maximum absolute atomic E-state index is 11.5. The molecular weight excluding hydrogens is 230 g/mol. The van der Waals surface area contributed by atoms with E-state index < -0.39 is 0 Å². The molecule has 4 heteroatoms. The third-order valence-corrected chi connectivity index (χ3v) is 2.35. The largest absolute Gasteiger partial charge is 0.488 e. The zero-order chi connectivity index (χ0) is 13.3. The van der Waals surface area contributed by atoms with Crippen molar-refractivity contribution >= 4 is 17.4 Å². The number of carbonyl (C=O) groups is 2. The minimum atomic E-state index is -0.370. The van der Waals surface area contributed by atoms with Crippen LogP contribution in [0.4, 0.5) is 0 Å². The molecule has 0 saturated carbocycles. The van der Waals surface area contributed by atoms with Crippen molar-refractivity contribution < 1.29 is 14.3 Å². The maximum atomic E-state index is 11.5. The lowest BCUT2D eigenvalue weighted by Crippen LogP contribution is -2.23. The number of carbonyl (C=O) groups excluding carboxylic acids is 2. The van der Waals surface area contributed by atoms with Gasteiger partial charge < -0.3 is 4.74 Å². The Kier molecular flexibility index (Phi) is 2.95. The van der Waals surface area contributed by atoms with Gasteiger partial charge in [0.25, 0.3) is 11.8 Å². The van der Waals surface area contributed by atoms with E-state index in [4.69, 9.17) is 4.74 Å². The first-order valence-corrected chi connectivity index (χ1v) is 5.72. The maximum Gasteiger partial charge on any atom is 0.258 e. The third-order valence-electron chi connectivity index (χ3n) is 2.35. The predicted molar refractivity (Wildman–Crippen MR) is 67.9 cm³/mol. The van der Waals surface area contributed by atoms with Crippen molar-refractivity contribution in [3.63, 3.8) is 0 Å². The second-order valence-electron chi connectivity index (χ2n) is 5.12. The van der Waals surface area contributed by atoms with Crippen molar-refractivity contribution in [2.24, 2.45) is 0 Å². The Morgan fingerprint density at radius 1 is 1.06 bits per heavy atom. The average Bonchev–Trinajstić information content (AvgIpc) is 2.57. The van der Waals surface area contributed by atoms with Crippen LogP contribution in [0.1, 0.15) is 26.3 Å². The van der Waals surface area contributed by atoms with E-state index in [-0.39, 0.29) is 17.4 Å². The van der Waals surface area contributed by atoms with E-state index in [0.29, 0.717) is 11.1 Å². The van der Waals surface area contributed by atoms with Gasteiger partial charge in [0, 0.05) is 6.08 Å². The second-order valence-corrected chi connectivity index (χ2v) is 5.12. The molecule has 0 radical (unpaired) electrons. The van der Waals surface area contributed by atoms with Gasteiger partial charge in [-0.1, -0.05) is 12.1 Å². The molecule has 1 aliphatic heterocycles. The lowest BCUT2D eigenvalue weighted by molar-refractivity contribution is -0.123. The Labute approximate surface area is 106 Å². The summed E-state index contributed by atoms with van der Waals surface area (Å²) in [7, 11) is 0. The van der Waals surface area contributed by atoms with Gasteiger partial charge in [-0.25, -0.2) is 0 Å². The number of hydrogen-bond acceptors (Lipinski definition) is 3. The van der Waals surface area contributed by atoms with Crippen LogP contribution >= 0.6 is 0 Å². The van der Waals surface area contributed by atoms with Gasteiger partial charge in [0.05, 0.1) is 5.57 Å². The summed E-state index contributed by atoms with van der Waals surface area (Å²) in [5.74, 6) is 0.00564. The van der Waals surface area contributed by atoms with Crippen molar-refractivity contribution in [3.8, 4) is 5.75 Å². The van der Waals surface area contributed by atoms with Crippen molar-refractivity contribution in [2.75, 3.05) is 0 Å². The van der Waals surface area contributed by atoms with E-state index in [0.717, 1.165) is 5.75 Å². The molecule has 1 aliphatic rings. The van der Waals surface area contributed by atoms with Gasteiger partial charge in [-0.3, -0.25) is 14.9 Å². The normalized spacial score (nSPS) is 15.4. The topological polar surface area (TPSA) is 55.4 Å². The molecule has 0 aliphatic carbocycles. The van der Waals surface area contributed by atoms with Gasteiger partial charge in [0.1, 0.15) is 11.4 Å². The summed E-state index contributed by atoms with van der Waals surface area (Å²) in [5, 5.41) is 2.22. The molecule has 2 rings (SSSR count). The van der Waals surface area contributed by atoms with E-state index in [1.54, 1.807) is 24.3 Å². The van der Waals surface area contributed by atoms with Crippen LogP contribution in [0.3, 0.4) is 0 Å². The van der Waals surface area contributed by atoms with E-state index in [9.17, 15) is 9.59 Å².